The Bertz CT molecular complexity index is 665. The smallest absolute Gasteiger partial charge is 0.387 e. The number of benzene rings is 1. The Balaban J connectivity index is 1.56. The van der Waals surface area contributed by atoms with Crippen molar-refractivity contribution in [1.29, 1.82) is 0 Å². The molecule has 1 aromatic carbocycles. The topological polar surface area (TPSA) is 50.5 Å². The van der Waals surface area contributed by atoms with Gasteiger partial charge in [0, 0.05) is 32.9 Å². The van der Waals surface area contributed by atoms with Gasteiger partial charge in [-0.25, -0.2) is 0 Å². The van der Waals surface area contributed by atoms with Crippen LogP contribution in [0, 0.1) is 0 Å². The summed E-state index contributed by atoms with van der Waals surface area (Å²) in [6.45, 7) is -0.563. The van der Waals surface area contributed by atoms with Gasteiger partial charge in [0.1, 0.15) is 11.4 Å². The zero-order chi connectivity index (χ0) is 17.2. The quantitative estimate of drug-likeness (QED) is 0.911. The van der Waals surface area contributed by atoms with Crippen molar-refractivity contribution in [1.82, 2.24) is 14.7 Å². The molecule has 2 heterocycles. The van der Waals surface area contributed by atoms with Crippen LogP contribution in [0.4, 0.5) is 8.78 Å². The lowest BCUT2D eigenvalue weighted by Gasteiger charge is -2.38. The van der Waals surface area contributed by atoms with Gasteiger partial charge in [0.15, 0.2) is 0 Å². The molecular weight excluding hydrogens is 316 g/mol. The molecule has 0 unspecified atom stereocenters. The third kappa shape index (κ3) is 3.73. The van der Waals surface area contributed by atoms with E-state index in [0.717, 1.165) is 30.9 Å². The van der Waals surface area contributed by atoms with Crippen molar-refractivity contribution in [3.8, 4) is 5.75 Å². The Hall–Kier alpha value is -1.99. The molecule has 1 aliphatic heterocycles. The molecule has 3 rings (SSSR count). The predicted octanol–water partition coefficient (Wildman–Crippen LogP) is 2.51. The molecule has 1 aromatic heterocycles. The van der Waals surface area contributed by atoms with Crippen LogP contribution in [0.15, 0.2) is 36.5 Å². The molecular formula is C17H21F2N3O2. The average molecular weight is 337 g/mol. The second-order valence-electron chi connectivity index (χ2n) is 6.17. The fraction of sp³-hybridized carbons (Fsp3) is 0.471. The van der Waals surface area contributed by atoms with E-state index >= 15 is 0 Å². The molecule has 0 saturated carbocycles. The molecule has 0 amide bonds. The van der Waals surface area contributed by atoms with Gasteiger partial charge in [-0.3, -0.25) is 9.58 Å². The normalized spacial score (nSPS) is 18.0. The molecule has 0 bridgehead atoms. The summed E-state index contributed by atoms with van der Waals surface area (Å²) in [5.74, 6) is 0.165. The highest BCUT2D eigenvalue weighted by atomic mass is 19.3. The van der Waals surface area contributed by atoms with Crippen molar-refractivity contribution in [2.45, 2.75) is 31.6 Å². The number of rotatable bonds is 5. The van der Waals surface area contributed by atoms with Crippen molar-refractivity contribution in [3.63, 3.8) is 0 Å². The minimum absolute atomic E-state index is 0.165. The van der Waals surface area contributed by atoms with Crippen molar-refractivity contribution in [2.75, 3.05) is 13.1 Å². The van der Waals surface area contributed by atoms with Crippen LogP contribution in [0.1, 0.15) is 24.1 Å². The van der Waals surface area contributed by atoms with Gasteiger partial charge in [-0.2, -0.15) is 13.9 Å². The predicted molar refractivity (Wildman–Crippen MR) is 84.7 cm³/mol. The van der Waals surface area contributed by atoms with Crippen LogP contribution in [-0.2, 0) is 19.2 Å². The van der Waals surface area contributed by atoms with E-state index in [1.165, 1.54) is 0 Å². The van der Waals surface area contributed by atoms with Crippen molar-refractivity contribution < 1.29 is 18.6 Å². The first-order valence-electron chi connectivity index (χ1n) is 7.93. The Morgan fingerprint density at radius 3 is 2.42 bits per heavy atom. The Morgan fingerprint density at radius 2 is 1.88 bits per heavy atom. The van der Waals surface area contributed by atoms with E-state index in [1.54, 1.807) is 35.1 Å². The number of nitrogens with zero attached hydrogens (tertiary/aromatic N) is 3. The SMILES string of the molecule is Cn1nccc1C1(O)CCN(Cc2ccc(OC(F)F)cc2)CC1. The van der Waals surface area contributed by atoms with E-state index in [2.05, 4.69) is 14.7 Å². The summed E-state index contributed by atoms with van der Waals surface area (Å²) >= 11 is 0. The molecule has 1 aliphatic rings. The van der Waals surface area contributed by atoms with E-state index in [9.17, 15) is 13.9 Å². The highest BCUT2D eigenvalue weighted by Gasteiger charge is 2.36. The standard InChI is InChI=1S/C17H21F2N3O2/c1-21-15(6-9-20-21)17(23)7-10-22(11-8-17)12-13-2-4-14(5-3-13)24-16(18)19/h2-6,9,16,23H,7-8,10-12H2,1H3. The molecule has 5 nitrogen and oxygen atoms in total. The molecule has 0 atom stereocenters. The molecule has 24 heavy (non-hydrogen) atoms. The minimum Gasteiger partial charge on any atom is -0.435 e. The summed E-state index contributed by atoms with van der Waals surface area (Å²) in [7, 11) is 1.84. The van der Waals surface area contributed by atoms with Gasteiger partial charge in [0.25, 0.3) is 0 Å². The fourth-order valence-corrected chi connectivity index (χ4v) is 3.20. The molecule has 1 saturated heterocycles. The zero-order valence-electron chi connectivity index (χ0n) is 13.5. The van der Waals surface area contributed by atoms with Gasteiger partial charge in [0.05, 0.1) is 5.69 Å². The van der Waals surface area contributed by atoms with E-state index in [-0.39, 0.29) is 5.75 Å². The van der Waals surface area contributed by atoms with Gasteiger partial charge < -0.3 is 9.84 Å². The van der Waals surface area contributed by atoms with Gasteiger partial charge in [-0.05, 0) is 36.6 Å². The Morgan fingerprint density at radius 1 is 1.21 bits per heavy atom. The van der Waals surface area contributed by atoms with Crippen molar-refractivity contribution in [3.05, 3.63) is 47.8 Å². The van der Waals surface area contributed by atoms with Crippen molar-refractivity contribution >= 4 is 0 Å². The van der Waals surface area contributed by atoms with Crippen LogP contribution in [0.2, 0.25) is 0 Å². The number of halogens is 2. The first-order valence-corrected chi connectivity index (χ1v) is 7.93. The maximum Gasteiger partial charge on any atom is 0.387 e. The van der Waals surface area contributed by atoms with Crippen LogP contribution in [0.3, 0.4) is 0 Å². The molecule has 1 fully saturated rings. The van der Waals surface area contributed by atoms with E-state index in [4.69, 9.17) is 0 Å². The number of likely N-dealkylation sites (tertiary alicyclic amines) is 1. The molecule has 2 aromatic rings. The van der Waals surface area contributed by atoms with Gasteiger partial charge in [-0.1, -0.05) is 12.1 Å². The maximum atomic E-state index is 12.2. The van der Waals surface area contributed by atoms with Crippen LogP contribution in [0.25, 0.3) is 0 Å². The number of hydrogen-bond acceptors (Lipinski definition) is 4. The van der Waals surface area contributed by atoms with Gasteiger partial charge in [-0.15, -0.1) is 0 Å². The van der Waals surface area contributed by atoms with E-state index < -0.39 is 12.2 Å². The number of ether oxygens (including phenoxy) is 1. The lowest BCUT2D eigenvalue weighted by Crippen LogP contribution is -2.43. The average Bonchev–Trinajstić information content (AvgIpc) is 2.98. The monoisotopic (exact) mass is 337 g/mol. The molecule has 130 valence electrons. The van der Waals surface area contributed by atoms with Crippen molar-refractivity contribution in [2.24, 2.45) is 7.05 Å². The third-order valence-corrected chi connectivity index (χ3v) is 4.54. The molecule has 0 aliphatic carbocycles. The third-order valence-electron chi connectivity index (χ3n) is 4.54. The number of piperidine rings is 1. The number of hydrogen-bond donors (Lipinski definition) is 1. The first kappa shape index (κ1) is 16.9. The van der Waals surface area contributed by atoms with Gasteiger partial charge in [0.2, 0.25) is 0 Å². The minimum atomic E-state index is -2.80. The number of aryl methyl sites for hydroxylation is 1. The maximum absolute atomic E-state index is 12.2. The number of alkyl halides is 2. The number of aliphatic hydroxyl groups is 1. The zero-order valence-corrected chi connectivity index (χ0v) is 13.5. The summed E-state index contributed by atoms with van der Waals surface area (Å²) in [5.41, 5.74) is 1.04. The summed E-state index contributed by atoms with van der Waals surface area (Å²) in [5, 5.41) is 15.0. The summed E-state index contributed by atoms with van der Waals surface area (Å²) < 4.78 is 30.4. The molecule has 0 radical (unpaired) electrons. The molecule has 0 spiro atoms. The van der Waals surface area contributed by atoms with Crippen LogP contribution in [-0.4, -0.2) is 39.5 Å². The highest BCUT2D eigenvalue weighted by Crippen LogP contribution is 2.32. The highest BCUT2D eigenvalue weighted by molar-refractivity contribution is 5.27. The van der Waals surface area contributed by atoms with Crippen LogP contribution in [0.5, 0.6) is 5.75 Å². The summed E-state index contributed by atoms with van der Waals surface area (Å²) in [4.78, 5) is 2.24. The fourth-order valence-electron chi connectivity index (χ4n) is 3.20. The van der Waals surface area contributed by atoms with E-state index in [1.807, 2.05) is 13.1 Å². The Labute approximate surface area is 139 Å². The van der Waals surface area contributed by atoms with Crippen LogP contribution >= 0.6 is 0 Å². The summed E-state index contributed by atoms with van der Waals surface area (Å²) in [6.07, 6.45) is 2.97. The van der Waals surface area contributed by atoms with Crippen LogP contribution < -0.4 is 4.74 Å². The largest absolute Gasteiger partial charge is 0.435 e. The lowest BCUT2D eigenvalue weighted by molar-refractivity contribution is -0.0498. The second kappa shape index (κ2) is 6.86. The second-order valence-corrected chi connectivity index (χ2v) is 6.17. The number of aromatic nitrogens is 2. The summed E-state index contributed by atoms with van der Waals surface area (Å²) in [6, 6.07) is 8.55. The molecule has 1 N–H and O–H groups in total. The lowest BCUT2D eigenvalue weighted by atomic mass is 9.88. The Kier molecular flexibility index (Phi) is 4.82. The first-order chi connectivity index (χ1) is 11.5. The van der Waals surface area contributed by atoms with E-state index in [0.29, 0.717) is 12.8 Å². The molecule has 7 heteroatoms. The van der Waals surface area contributed by atoms with Gasteiger partial charge >= 0.3 is 6.61 Å².